The third kappa shape index (κ3) is 6.10. The first-order valence-corrected chi connectivity index (χ1v) is 15.9. The molecule has 4 N–H and O–H groups in total. The molecule has 8 atom stereocenters. The quantitative estimate of drug-likeness (QED) is 0.147. The number of nitrogens with zero attached hydrogens (tertiary/aromatic N) is 1. The Bertz CT molecular complexity index is 1180. The number of oxime groups is 1. The fourth-order valence-corrected chi connectivity index (χ4v) is 8.70. The highest BCUT2D eigenvalue weighted by Crippen LogP contribution is 2.67. The molecule has 232 valence electrons. The fraction of sp³-hybridized carbons (Fsp3) is 0.750. The molecule has 9 nitrogen and oxygen atoms in total. The zero-order chi connectivity index (χ0) is 30.9. The SMILES string of the molecule is C#C[C@@]1(O)CC[C@H]2[C@@H]3CCC4=C/C(=N\OCC(=O)N[C@@H](C(=O)N[C@@H](CS)CC(=O)O)C(C)C)CC[C@]4(C)[C@H]3CC[C@@]21C. The molecule has 4 aliphatic rings. The molecule has 0 aliphatic heterocycles. The third-order valence-electron chi connectivity index (χ3n) is 11.0. The lowest BCUT2D eigenvalue weighted by Gasteiger charge is -2.58. The Kier molecular flexibility index (Phi) is 9.73. The number of amides is 2. The van der Waals surface area contributed by atoms with Crippen molar-refractivity contribution in [3.8, 4) is 12.3 Å². The molecule has 0 aromatic carbocycles. The second-order valence-electron chi connectivity index (χ2n) is 13.6. The van der Waals surface area contributed by atoms with Gasteiger partial charge in [0.05, 0.1) is 12.1 Å². The molecular formula is C32H47N3O6S. The van der Waals surface area contributed by atoms with Gasteiger partial charge in [0, 0.05) is 17.2 Å². The van der Waals surface area contributed by atoms with Gasteiger partial charge in [-0.3, -0.25) is 14.4 Å². The number of carboxylic acid groups (broad SMARTS) is 1. The lowest BCUT2D eigenvalue weighted by molar-refractivity contribution is -0.138. The van der Waals surface area contributed by atoms with Crippen LogP contribution in [0.25, 0.3) is 0 Å². The monoisotopic (exact) mass is 601 g/mol. The average molecular weight is 602 g/mol. The van der Waals surface area contributed by atoms with Crippen molar-refractivity contribution in [2.45, 2.75) is 103 Å². The topological polar surface area (TPSA) is 137 Å². The van der Waals surface area contributed by atoms with Gasteiger partial charge >= 0.3 is 5.97 Å². The predicted octanol–water partition coefficient (Wildman–Crippen LogP) is 3.72. The van der Waals surface area contributed by atoms with Gasteiger partial charge < -0.3 is 25.7 Å². The molecule has 3 saturated carbocycles. The van der Waals surface area contributed by atoms with E-state index in [1.165, 1.54) is 5.57 Å². The smallest absolute Gasteiger partial charge is 0.305 e. The van der Waals surface area contributed by atoms with Crippen molar-refractivity contribution >= 4 is 36.1 Å². The van der Waals surface area contributed by atoms with Crippen LogP contribution in [0.4, 0.5) is 0 Å². The van der Waals surface area contributed by atoms with E-state index in [9.17, 15) is 19.5 Å². The number of rotatable bonds is 10. The molecule has 0 heterocycles. The van der Waals surface area contributed by atoms with Crippen molar-refractivity contribution in [2.75, 3.05) is 12.4 Å². The minimum atomic E-state index is -1.04. The summed E-state index contributed by atoms with van der Waals surface area (Å²) in [5, 5.41) is 29.9. The van der Waals surface area contributed by atoms with Crippen LogP contribution in [0.1, 0.15) is 85.5 Å². The zero-order valence-corrected chi connectivity index (χ0v) is 26.2. The first-order chi connectivity index (χ1) is 19.8. The molecule has 0 aromatic heterocycles. The van der Waals surface area contributed by atoms with E-state index in [0.29, 0.717) is 24.2 Å². The van der Waals surface area contributed by atoms with Crippen molar-refractivity contribution in [1.29, 1.82) is 0 Å². The molecule has 2 amide bonds. The van der Waals surface area contributed by atoms with Crippen LogP contribution < -0.4 is 10.6 Å². The van der Waals surface area contributed by atoms with E-state index in [2.05, 4.69) is 54.3 Å². The van der Waals surface area contributed by atoms with Crippen LogP contribution in [0, 0.1) is 46.8 Å². The van der Waals surface area contributed by atoms with E-state index in [4.69, 9.17) is 16.4 Å². The first-order valence-electron chi connectivity index (χ1n) is 15.3. The third-order valence-corrected chi connectivity index (χ3v) is 11.4. The van der Waals surface area contributed by atoms with Crippen molar-refractivity contribution < 1.29 is 29.4 Å². The molecule has 0 unspecified atom stereocenters. The van der Waals surface area contributed by atoms with Crippen molar-refractivity contribution in [3.05, 3.63) is 11.6 Å². The number of hydrogen-bond acceptors (Lipinski definition) is 7. The Morgan fingerprint density at radius 1 is 1.14 bits per heavy atom. The molecule has 0 saturated heterocycles. The number of aliphatic hydroxyl groups is 1. The highest BCUT2D eigenvalue weighted by molar-refractivity contribution is 7.80. The summed E-state index contributed by atoms with van der Waals surface area (Å²) in [5.41, 5.74) is 1.09. The van der Waals surface area contributed by atoms with Crippen LogP contribution in [0.5, 0.6) is 0 Å². The number of allylic oxidation sites excluding steroid dienone is 2. The van der Waals surface area contributed by atoms with Crippen LogP contribution in [0.3, 0.4) is 0 Å². The van der Waals surface area contributed by atoms with E-state index in [0.717, 1.165) is 50.7 Å². The summed E-state index contributed by atoms with van der Waals surface area (Å²) in [6.45, 7) is 7.87. The van der Waals surface area contributed by atoms with Gasteiger partial charge in [-0.05, 0) is 86.5 Å². The lowest BCUT2D eigenvalue weighted by atomic mass is 9.46. The molecule has 0 bridgehead atoms. The number of carboxylic acids is 1. The summed E-state index contributed by atoms with van der Waals surface area (Å²) in [4.78, 5) is 41.8. The van der Waals surface area contributed by atoms with Crippen LogP contribution in [-0.4, -0.2) is 63.8 Å². The summed E-state index contributed by atoms with van der Waals surface area (Å²) >= 11 is 4.11. The summed E-state index contributed by atoms with van der Waals surface area (Å²) in [6, 6.07) is -1.48. The van der Waals surface area contributed by atoms with E-state index in [1.54, 1.807) is 13.8 Å². The van der Waals surface area contributed by atoms with Gasteiger partial charge in [0.2, 0.25) is 5.91 Å². The Morgan fingerprint density at radius 2 is 1.86 bits per heavy atom. The maximum absolute atomic E-state index is 12.7. The molecular weight excluding hydrogens is 554 g/mol. The van der Waals surface area contributed by atoms with Gasteiger partial charge in [-0.1, -0.05) is 44.3 Å². The zero-order valence-electron chi connectivity index (χ0n) is 25.3. The average Bonchev–Trinajstić information content (AvgIpc) is 3.21. The number of carbonyl (C=O) groups is 3. The van der Waals surface area contributed by atoms with Crippen molar-refractivity contribution in [3.63, 3.8) is 0 Å². The second-order valence-corrected chi connectivity index (χ2v) is 14.0. The Labute approximate surface area is 255 Å². The number of thiol groups is 1. The van der Waals surface area contributed by atoms with Gasteiger partial charge in [0.15, 0.2) is 6.61 Å². The summed E-state index contributed by atoms with van der Waals surface area (Å²) in [6.07, 6.45) is 15.2. The second kappa shape index (κ2) is 12.6. The summed E-state index contributed by atoms with van der Waals surface area (Å²) in [5.74, 6) is 2.30. The van der Waals surface area contributed by atoms with E-state index in [1.807, 2.05) is 0 Å². The van der Waals surface area contributed by atoms with Crippen LogP contribution in [-0.2, 0) is 19.2 Å². The van der Waals surface area contributed by atoms with Gasteiger partial charge in [-0.2, -0.15) is 12.6 Å². The van der Waals surface area contributed by atoms with Crippen molar-refractivity contribution in [1.82, 2.24) is 10.6 Å². The van der Waals surface area contributed by atoms with Crippen LogP contribution in [0.2, 0.25) is 0 Å². The number of fused-ring (bicyclic) bond motifs is 5. The molecule has 3 fully saturated rings. The Balaban J connectivity index is 1.35. The predicted molar refractivity (Wildman–Crippen MR) is 164 cm³/mol. The molecule has 42 heavy (non-hydrogen) atoms. The highest BCUT2D eigenvalue weighted by atomic mass is 32.1. The normalized spacial score (nSPS) is 36.0. The van der Waals surface area contributed by atoms with E-state index < -0.39 is 35.5 Å². The number of carbonyl (C=O) groups excluding carboxylic acids is 2. The van der Waals surface area contributed by atoms with E-state index in [-0.39, 0.29) is 35.5 Å². The number of terminal acetylenes is 1. The standard InChI is InChI=1S/C32H47N3O6S/c1-6-32(40)14-11-25-23-8-7-20-15-21(9-12-30(20,4)24(23)10-13-31(25,32)5)35-41-17-26(36)34-28(19(2)3)29(39)33-22(18-42)16-27(37)38/h1,15,19,22-25,28,40,42H,7-14,16-18H2,2-5H3,(H,33,39)(H,34,36)(H,37,38)/b35-21-/t22-,23-,24+,25+,28-,30+,31+,32-/m1/s1. The lowest BCUT2D eigenvalue weighted by Crippen LogP contribution is -2.54. The summed E-state index contributed by atoms with van der Waals surface area (Å²) < 4.78 is 0. The van der Waals surface area contributed by atoms with Gasteiger partial charge in [0.1, 0.15) is 11.6 Å². The molecule has 10 heteroatoms. The number of hydrogen-bond donors (Lipinski definition) is 5. The van der Waals surface area contributed by atoms with Crippen molar-refractivity contribution in [2.24, 2.45) is 39.7 Å². The maximum atomic E-state index is 12.7. The van der Waals surface area contributed by atoms with Gasteiger partial charge in [-0.15, -0.1) is 6.42 Å². The Morgan fingerprint density at radius 3 is 2.50 bits per heavy atom. The molecule has 0 spiro atoms. The largest absolute Gasteiger partial charge is 0.481 e. The molecule has 0 aromatic rings. The summed E-state index contributed by atoms with van der Waals surface area (Å²) in [7, 11) is 0. The first kappa shape index (κ1) is 32.4. The maximum Gasteiger partial charge on any atom is 0.305 e. The number of aliphatic carboxylic acids is 1. The molecule has 4 rings (SSSR count). The molecule has 4 aliphatic carbocycles. The van der Waals surface area contributed by atoms with Crippen LogP contribution >= 0.6 is 12.6 Å². The van der Waals surface area contributed by atoms with Gasteiger partial charge in [-0.25, -0.2) is 0 Å². The highest BCUT2D eigenvalue weighted by Gasteiger charge is 2.63. The minimum Gasteiger partial charge on any atom is -0.481 e. The number of nitrogens with one attached hydrogen (secondary N) is 2. The fourth-order valence-electron chi connectivity index (χ4n) is 8.48. The van der Waals surface area contributed by atoms with Crippen LogP contribution in [0.15, 0.2) is 16.8 Å². The minimum absolute atomic E-state index is 0.0842. The van der Waals surface area contributed by atoms with E-state index >= 15 is 0 Å². The molecule has 0 radical (unpaired) electrons. The Hall–Kier alpha value is -2.51. The van der Waals surface area contributed by atoms with Gasteiger partial charge in [0.25, 0.3) is 5.91 Å².